The molecule has 0 atom stereocenters. The van der Waals surface area contributed by atoms with E-state index in [1.165, 1.54) is 0 Å². The Hall–Kier alpha value is -1.66. The molecule has 0 bridgehead atoms. The summed E-state index contributed by atoms with van der Waals surface area (Å²) < 4.78 is 5.52. The highest BCUT2D eigenvalue weighted by Crippen LogP contribution is 2.26. The second-order valence-corrected chi connectivity index (χ2v) is 5.01. The zero-order valence-electron chi connectivity index (χ0n) is 11.6. The van der Waals surface area contributed by atoms with Gasteiger partial charge in [-0.15, -0.1) is 0 Å². The molecule has 0 spiro atoms. The average Bonchev–Trinajstić information content (AvgIpc) is 2.45. The summed E-state index contributed by atoms with van der Waals surface area (Å²) in [5, 5.41) is 19.5. The van der Waals surface area contributed by atoms with Gasteiger partial charge in [0.25, 0.3) is 5.69 Å². The lowest BCUT2D eigenvalue weighted by Crippen LogP contribution is -2.37. The number of aliphatic hydroxyl groups is 1. The number of nitrogens with zero attached hydrogens (tertiary/aromatic N) is 2. The molecule has 1 aromatic carbocycles. The minimum Gasteiger partial charge on any atom is -0.394 e. The maximum atomic E-state index is 10.8. The number of nitro benzene ring substituents is 1. The summed E-state index contributed by atoms with van der Waals surface area (Å²) in [6.45, 7) is 3.95. The third kappa shape index (κ3) is 3.46. The summed E-state index contributed by atoms with van der Waals surface area (Å²) in [7, 11) is 0. The number of piperidine rings is 1. The van der Waals surface area contributed by atoms with E-state index >= 15 is 0 Å². The van der Waals surface area contributed by atoms with E-state index in [0.29, 0.717) is 12.2 Å². The maximum absolute atomic E-state index is 10.8. The van der Waals surface area contributed by atoms with Gasteiger partial charge >= 0.3 is 0 Å². The molecule has 1 N–H and O–H groups in total. The SMILES string of the molecule is Cc1cc(N2CCC(OCCO)CC2)ccc1[N+](=O)[O-]. The van der Waals surface area contributed by atoms with Crippen molar-refractivity contribution in [3.05, 3.63) is 33.9 Å². The Kier molecular flexibility index (Phi) is 4.92. The monoisotopic (exact) mass is 280 g/mol. The topological polar surface area (TPSA) is 75.8 Å². The quantitative estimate of drug-likeness (QED) is 0.658. The molecule has 1 aliphatic rings. The van der Waals surface area contributed by atoms with E-state index in [9.17, 15) is 10.1 Å². The molecule has 20 heavy (non-hydrogen) atoms. The van der Waals surface area contributed by atoms with Crippen molar-refractivity contribution in [2.75, 3.05) is 31.2 Å². The molecule has 1 heterocycles. The van der Waals surface area contributed by atoms with Gasteiger partial charge in [-0.1, -0.05) is 0 Å². The second-order valence-electron chi connectivity index (χ2n) is 5.01. The number of ether oxygens (including phenoxy) is 1. The summed E-state index contributed by atoms with van der Waals surface area (Å²) >= 11 is 0. The first-order valence-corrected chi connectivity index (χ1v) is 6.84. The molecule has 1 aromatic rings. The van der Waals surface area contributed by atoms with E-state index in [-0.39, 0.29) is 23.3 Å². The molecule has 2 rings (SSSR count). The van der Waals surface area contributed by atoms with Gasteiger partial charge in [-0.3, -0.25) is 10.1 Å². The molecule has 0 radical (unpaired) electrons. The Balaban J connectivity index is 1.97. The fourth-order valence-electron chi connectivity index (χ4n) is 2.54. The van der Waals surface area contributed by atoms with E-state index in [4.69, 9.17) is 9.84 Å². The molecule has 0 aromatic heterocycles. The van der Waals surface area contributed by atoms with Crippen molar-refractivity contribution in [3.8, 4) is 0 Å². The predicted octanol–water partition coefficient (Wildman–Crippen LogP) is 1.88. The largest absolute Gasteiger partial charge is 0.394 e. The zero-order chi connectivity index (χ0) is 14.5. The van der Waals surface area contributed by atoms with Gasteiger partial charge in [0.2, 0.25) is 0 Å². The van der Waals surface area contributed by atoms with Crippen molar-refractivity contribution in [2.45, 2.75) is 25.9 Å². The molecule has 110 valence electrons. The van der Waals surface area contributed by atoms with Crippen LogP contribution in [0.4, 0.5) is 11.4 Å². The van der Waals surface area contributed by atoms with Crippen molar-refractivity contribution >= 4 is 11.4 Å². The highest BCUT2D eigenvalue weighted by atomic mass is 16.6. The van der Waals surface area contributed by atoms with Crippen molar-refractivity contribution in [2.24, 2.45) is 0 Å². The van der Waals surface area contributed by atoms with Crippen LogP contribution in [0.2, 0.25) is 0 Å². The fraction of sp³-hybridized carbons (Fsp3) is 0.571. The number of rotatable bonds is 5. The van der Waals surface area contributed by atoms with Crippen molar-refractivity contribution < 1.29 is 14.8 Å². The van der Waals surface area contributed by atoms with Crippen LogP contribution in [0, 0.1) is 17.0 Å². The number of benzene rings is 1. The Morgan fingerprint density at radius 2 is 2.15 bits per heavy atom. The van der Waals surface area contributed by atoms with E-state index in [1.807, 2.05) is 6.07 Å². The second kappa shape index (κ2) is 6.67. The number of nitro groups is 1. The summed E-state index contributed by atoms with van der Waals surface area (Å²) in [4.78, 5) is 12.7. The standard InChI is InChI=1S/C14H20N2O4/c1-11-10-12(2-3-14(11)16(18)19)15-6-4-13(5-7-15)20-9-8-17/h2-3,10,13,17H,4-9H2,1H3. The predicted molar refractivity (Wildman–Crippen MR) is 76.1 cm³/mol. The number of hydrogen-bond donors (Lipinski definition) is 1. The molecular formula is C14H20N2O4. The molecule has 1 aliphatic heterocycles. The van der Waals surface area contributed by atoms with E-state index < -0.39 is 0 Å². The minimum atomic E-state index is -0.353. The summed E-state index contributed by atoms with van der Waals surface area (Å²) in [5.41, 5.74) is 1.87. The number of anilines is 1. The summed E-state index contributed by atoms with van der Waals surface area (Å²) in [6.07, 6.45) is 2.03. The Bertz CT molecular complexity index is 470. The molecule has 1 fully saturated rings. The summed E-state index contributed by atoms with van der Waals surface area (Å²) in [6, 6.07) is 5.24. The molecule has 6 nitrogen and oxygen atoms in total. The first-order valence-electron chi connectivity index (χ1n) is 6.84. The van der Waals surface area contributed by atoms with Gasteiger partial charge in [0.05, 0.1) is 24.2 Å². The third-order valence-electron chi connectivity index (χ3n) is 3.63. The Morgan fingerprint density at radius 1 is 1.45 bits per heavy atom. The molecule has 0 saturated carbocycles. The Labute approximate surface area is 118 Å². The Morgan fingerprint density at radius 3 is 2.70 bits per heavy atom. The number of aryl methyl sites for hydroxylation is 1. The first kappa shape index (κ1) is 14.7. The van der Waals surface area contributed by atoms with Crippen LogP contribution >= 0.6 is 0 Å². The first-order chi connectivity index (χ1) is 9.61. The van der Waals surface area contributed by atoms with Crippen LogP contribution in [0.3, 0.4) is 0 Å². The van der Waals surface area contributed by atoms with Crippen LogP contribution in [0.1, 0.15) is 18.4 Å². The fourth-order valence-corrected chi connectivity index (χ4v) is 2.54. The smallest absolute Gasteiger partial charge is 0.272 e. The minimum absolute atomic E-state index is 0.0573. The van der Waals surface area contributed by atoms with E-state index in [0.717, 1.165) is 31.6 Å². The lowest BCUT2D eigenvalue weighted by atomic mass is 10.1. The molecule has 0 unspecified atom stereocenters. The number of hydrogen-bond acceptors (Lipinski definition) is 5. The van der Waals surface area contributed by atoms with Gasteiger partial charge in [-0.2, -0.15) is 0 Å². The van der Waals surface area contributed by atoms with E-state index in [1.54, 1.807) is 19.1 Å². The van der Waals surface area contributed by atoms with Gasteiger partial charge in [0.15, 0.2) is 0 Å². The third-order valence-corrected chi connectivity index (χ3v) is 3.63. The lowest BCUT2D eigenvalue weighted by molar-refractivity contribution is -0.385. The number of aliphatic hydroxyl groups excluding tert-OH is 1. The van der Waals surface area contributed by atoms with Crippen molar-refractivity contribution in [1.82, 2.24) is 0 Å². The van der Waals surface area contributed by atoms with Gasteiger partial charge in [-0.05, 0) is 31.9 Å². The van der Waals surface area contributed by atoms with Crippen LogP contribution in [0.5, 0.6) is 0 Å². The molecular weight excluding hydrogens is 260 g/mol. The highest BCUT2D eigenvalue weighted by Gasteiger charge is 2.21. The van der Waals surface area contributed by atoms with Crippen molar-refractivity contribution in [1.29, 1.82) is 0 Å². The van der Waals surface area contributed by atoms with Crippen LogP contribution in [-0.4, -0.2) is 42.4 Å². The van der Waals surface area contributed by atoms with Crippen LogP contribution in [-0.2, 0) is 4.74 Å². The highest BCUT2D eigenvalue weighted by molar-refractivity contribution is 5.55. The van der Waals surface area contributed by atoms with Gasteiger partial charge in [0.1, 0.15) is 0 Å². The normalized spacial score (nSPS) is 16.4. The van der Waals surface area contributed by atoms with Gasteiger partial charge in [0, 0.05) is 30.4 Å². The zero-order valence-corrected chi connectivity index (χ0v) is 11.6. The molecule has 1 saturated heterocycles. The van der Waals surface area contributed by atoms with Crippen LogP contribution in [0.15, 0.2) is 18.2 Å². The lowest BCUT2D eigenvalue weighted by Gasteiger charge is -2.33. The van der Waals surface area contributed by atoms with Gasteiger partial charge < -0.3 is 14.7 Å². The van der Waals surface area contributed by atoms with Crippen LogP contribution < -0.4 is 4.90 Å². The van der Waals surface area contributed by atoms with Gasteiger partial charge in [-0.25, -0.2) is 0 Å². The maximum Gasteiger partial charge on any atom is 0.272 e. The summed E-state index contributed by atoms with van der Waals surface area (Å²) in [5.74, 6) is 0. The molecule has 6 heteroatoms. The van der Waals surface area contributed by atoms with Crippen molar-refractivity contribution in [3.63, 3.8) is 0 Å². The molecule has 0 aliphatic carbocycles. The molecule has 0 amide bonds. The average molecular weight is 280 g/mol. The van der Waals surface area contributed by atoms with E-state index in [2.05, 4.69) is 4.90 Å². The van der Waals surface area contributed by atoms with Crippen LogP contribution in [0.25, 0.3) is 0 Å².